The first-order valence-corrected chi connectivity index (χ1v) is 6.81. The van der Waals surface area contributed by atoms with Crippen LogP contribution < -0.4 is 11.1 Å². The average Bonchev–Trinajstić information content (AvgIpc) is 2.44. The molecular weight excluding hydrogens is 333 g/mol. The number of halogens is 3. The minimum atomic E-state index is -0.474. The predicted molar refractivity (Wildman–Crippen MR) is 85.0 cm³/mol. The number of nitriles is 1. The number of nitrogens with one attached hydrogen (secondary N) is 1. The number of hydrogen-bond acceptors (Lipinski definition) is 3. The molecule has 0 spiro atoms. The molecule has 0 aliphatic carbocycles. The highest BCUT2D eigenvalue weighted by molar-refractivity contribution is 6.39. The summed E-state index contributed by atoms with van der Waals surface area (Å²) in [6, 6.07) is 9.32. The van der Waals surface area contributed by atoms with Gasteiger partial charge in [0, 0.05) is 10.6 Å². The molecule has 0 bridgehead atoms. The summed E-state index contributed by atoms with van der Waals surface area (Å²) in [6.07, 6.45) is 0. The summed E-state index contributed by atoms with van der Waals surface area (Å²) in [4.78, 5) is 12.2. The van der Waals surface area contributed by atoms with Gasteiger partial charge in [-0.3, -0.25) is 4.79 Å². The normalized spacial score (nSPS) is 10.0. The molecule has 7 heteroatoms. The first-order valence-electron chi connectivity index (χ1n) is 5.68. The van der Waals surface area contributed by atoms with Gasteiger partial charge in [0.2, 0.25) is 0 Å². The molecule has 3 N–H and O–H groups in total. The van der Waals surface area contributed by atoms with Crippen LogP contribution in [0, 0.1) is 11.3 Å². The van der Waals surface area contributed by atoms with Gasteiger partial charge < -0.3 is 11.1 Å². The Morgan fingerprint density at radius 2 is 1.76 bits per heavy atom. The smallest absolute Gasteiger partial charge is 0.255 e. The van der Waals surface area contributed by atoms with Gasteiger partial charge in [0.05, 0.1) is 27.0 Å². The summed E-state index contributed by atoms with van der Waals surface area (Å²) in [5.41, 5.74) is 6.64. The van der Waals surface area contributed by atoms with Crippen LogP contribution in [0.2, 0.25) is 15.1 Å². The molecule has 0 unspecified atom stereocenters. The molecule has 0 radical (unpaired) electrons. The maximum Gasteiger partial charge on any atom is 0.255 e. The van der Waals surface area contributed by atoms with Crippen LogP contribution in [0.4, 0.5) is 11.4 Å². The maximum atomic E-state index is 12.2. The number of hydrogen-bond donors (Lipinski definition) is 2. The minimum Gasteiger partial charge on any atom is -0.396 e. The summed E-state index contributed by atoms with van der Waals surface area (Å²) in [7, 11) is 0. The molecule has 0 aromatic heterocycles. The Balaban J connectivity index is 2.35. The average molecular weight is 341 g/mol. The second-order valence-corrected chi connectivity index (χ2v) is 5.36. The van der Waals surface area contributed by atoms with Crippen molar-refractivity contribution in [2.75, 3.05) is 11.1 Å². The maximum absolute atomic E-state index is 12.2. The van der Waals surface area contributed by atoms with E-state index in [1.165, 1.54) is 24.3 Å². The minimum absolute atomic E-state index is 0.180. The Bertz CT molecular complexity index is 746. The molecule has 0 saturated heterocycles. The van der Waals surface area contributed by atoms with Crippen molar-refractivity contribution in [3.8, 4) is 6.07 Å². The van der Waals surface area contributed by atoms with Gasteiger partial charge in [-0.1, -0.05) is 34.8 Å². The molecule has 0 atom stereocenters. The zero-order valence-electron chi connectivity index (χ0n) is 10.5. The van der Waals surface area contributed by atoms with Crippen LogP contribution in [0.25, 0.3) is 0 Å². The molecule has 106 valence electrons. The summed E-state index contributed by atoms with van der Waals surface area (Å²) >= 11 is 17.6. The van der Waals surface area contributed by atoms with Gasteiger partial charge in [0.15, 0.2) is 0 Å². The second kappa shape index (κ2) is 6.23. The molecule has 0 aliphatic heterocycles. The van der Waals surface area contributed by atoms with Crippen molar-refractivity contribution in [2.45, 2.75) is 0 Å². The fraction of sp³-hybridized carbons (Fsp3) is 0. The van der Waals surface area contributed by atoms with E-state index in [9.17, 15) is 4.79 Å². The number of nitrogen functional groups attached to an aromatic ring is 1. The quantitative estimate of drug-likeness (QED) is 0.797. The van der Waals surface area contributed by atoms with Crippen molar-refractivity contribution in [3.05, 3.63) is 56.5 Å². The zero-order chi connectivity index (χ0) is 15.6. The molecular formula is C14H8Cl3N3O. The van der Waals surface area contributed by atoms with E-state index in [0.29, 0.717) is 16.3 Å². The highest BCUT2D eigenvalue weighted by Gasteiger charge is 2.13. The van der Waals surface area contributed by atoms with Crippen molar-refractivity contribution >= 4 is 52.1 Å². The largest absolute Gasteiger partial charge is 0.396 e. The Hall–Kier alpha value is -1.93. The van der Waals surface area contributed by atoms with Crippen molar-refractivity contribution in [3.63, 3.8) is 0 Å². The lowest BCUT2D eigenvalue weighted by atomic mass is 10.1. The number of nitrogens with two attached hydrogens (primary N) is 1. The van der Waals surface area contributed by atoms with Gasteiger partial charge in [-0.25, -0.2) is 0 Å². The zero-order valence-corrected chi connectivity index (χ0v) is 12.7. The Morgan fingerprint density at radius 1 is 1.14 bits per heavy atom. The number of carbonyl (C=O) groups excluding carboxylic acids is 1. The lowest BCUT2D eigenvalue weighted by molar-refractivity contribution is 0.102. The van der Waals surface area contributed by atoms with Crippen molar-refractivity contribution in [2.24, 2.45) is 0 Å². The molecule has 21 heavy (non-hydrogen) atoms. The standard InChI is InChI=1S/C14H8Cl3N3O/c15-9-2-1-7(6-18)12(5-9)20-14(21)8-3-10(16)13(19)11(17)4-8/h1-5H,19H2,(H,20,21). The van der Waals surface area contributed by atoms with Crippen molar-refractivity contribution in [1.29, 1.82) is 5.26 Å². The van der Waals surface area contributed by atoms with E-state index in [1.807, 2.05) is 6.07 Å². The van der Waals surface area contributed by atoms with E-state index >= 15 is 0 Å². The topological polar surface area (TPSA) is 78.9 Å². The van der Waals surface area contributed by atoms with E-state index in [4.69, 9.17) is 45.8 Å². The predicted octanol–water partition coefficient (Wildman–Crippen LogP) is 4.35. The number of carbonyl (C=O) groups is 1. The van der Waals surface area contributed by atoms with Gasteiger partial charge in [-0.2, -0.15) is 5.26 Å². The highest BCUT2D eigenvalue weighted by atomic mass is 35.5. The van der Waals surface area contributed by atoms with Crippen LogP contribution in [-0.2, 0) is 0 Å². The first-order chi connectivity index (χ1) is 9.92. The van der Waals surface area contributed by atoms with Gasteiger partial charge in [-0.15, -0.1) is 0 Å². The molecule has 2 rings (SSSR count). The van der Waals surface area contributed by atoms with Gasteiger partial charge in [0.25, 0.3) is 5.91 Å². The highest BCUT2D eigenvalue weighted by Crippen LogP contribution is 2.29. The van der Waals surface area contributed by atoms with Crippen LogP contribution >= 0.6 is 34.8 Å². The monoisotopic (exact) mass is 339 g/mol. The number of amides is 1. The summed E-state index contributed by atoms with van der Waals surface area (Å²) in [5, 5.41) is 12.4. The fourth-order valence-corrected chi connectivity index (χ4v) is 2.29. The van der Waals surface area contributed by atoms with Crippen molar-refractivity contribution in [1.82, 2.24) is 0 Å². The van der Waals surface area contributed by atoms with Crippen LogP contribution in [0.5, 0.6) is 0 Å². The fourth-order valence-electron chi connectivity index (χ4n) is 1.63. The molecule has 4 nitrogen and oxygen atoms in total. The molecule has 2 aromatic rings. The third-order valence-electron chi connectivity index (χ3n) is 2.69. The number of rotatable bonds is 2. The Morgan fingerprint density at radius 3 is 2.33 bits per heavy atom. The Labute approximate surface area is 136 Å². The summed E-state index contributed by atoms with van der Waals surface area (Å²) in [5.74, 6) is -0.474. The summed E-state index contributed by atoms with van der Waals surface area (Å²) in [6.45, 7) is 0. The number of anilines is 2. The molecule has 2 aromatic carbocycles. The lowest BCUT2D eigenvalue weighted by Crippen LogP contribution is -2.13. The van der Waals surface area contributed by atoms with E-state index in [1.54, 1.807) is 6.07 Å². The van der Waals surface area contributed by atoms with E-state index in [-0.39, 0.29) is 21.3 Å². The molecule has 0 aliphatic rings. The van der Waals surface area contributed by atoms with Crippen molar-refractivity contribution < 1.29 is 4.79 Å². The van der Waals surface area contributed by atoms with Crippen LogP contribution in [0.1, 0.15) is 15.9 Å². The van der Waals surface area contributed by atoms with E-state index in [0.717, 1.165) is 0 Å². The van der Waals surface area contributed by atoms with Crippen LogP contribution in [-0.4, -0.2) is 5.91 Å². The Kier molecular flexibility index (Phi) is 4.59. The second-order valence-electron chi connectivity index (χ2n) is 4.11. The number of nitrogens with zero attached hydrogens (tertiary/aromatic N) is 1. The lowest BCUT2D eigenvalue weighted by Gasteiger charge is -2.09. The molecule has 0 heterocycles. The first kappa shape index (κ1) is 15.5. The summed E-state index contributed by atoms with van der Waals surface area (Å²) < 4.78 is 0. The molecule has 0 fully saturated rings. The van der Waals surface area contributed by atoms with Gasteiger partial charge in [0.1, 0.15) is 6.07 Å². The van der Waals surface area contributed by atoms with Gasteiger partial charge in [-0.05, 0) is 30.3 Å². The van der Waals surface area contributed by atoms with E-state index < -0.39 is 5.91 Å². The SMILES string of the molecule is N#Cc1ccc(Cl)cc1NC(=O)c1cc(Cl)c(N)c(Cl)c1. The van der Waals surface area contributed by atoms with E-state index in [2.05, 4.69) is 5.32 Å². The number of benzene rings is 2. The van der Waals surface area contributed by atoms with Gasteiger partial charge >= 0.3 is 0 Å². The third kappa shape index (κ3) is 3.40. The molecule has 1 amide bonds. The molecule has 0 saturated carbocycles. The van der Waals surface area contributed by atoms with Crippen LogP contribution in [0.3, 0.4) is 0 Å². The van der Waals surface area contributed by atoms with Crippen LogP contribution in [0.15, 0.2) is 30.3 Å². The third-order valence-corrected chi connectivity index (χ3v) is 3.55.